The minimum atomic E-state index is -3.47. The highest BCUT2D eigenvalue weighted by Gasteiger charge is 2.11. The Morgan fingerprint density at radius 3 is 2.78 bits per heavy atom. The van der Waals surface area contributed by atoms with Gasteiger partial charge in [-0.2, -0.15) is 10.4 Å². The van der Waals surface area contributed by atoms with Crippen LogP contribution in [-0.4, -0.2) is 29.3 Å². The van der Waals surface area contributed by atoms with E-state index in [0.29, 0.717) is 16.6 Å². The molecule has 0 aliphatic carbocycles. The van der Waals surface area contributed by atoms with E-state index in [9.17, 15) is 8.42 Å². The molecule has 9 heteroatoms. The van der Waals surface area contributed by atoms with Crippen LogP contribution in [0.3, 0.4) is 0 Å². The van der Waals surface area contributed by atoms with E-state index in [1.54, 1.807) is 28.9 Å². The van der Waals surface area contributed by atoms with Crippen molar-refractivity contribution < 1.29 is 8.42 Å². The Labute approximate surface area is 137 Å². The highest BCUT2D eigenvalue weighted by atomic mass is 35.5. The number of fused-ring (bicyclic) bond motifs is 1. The second-order valence-electron chi connectivity index (χ2n) is 4.85. The smallest absolute Gasteiger partial charge is 0.229 e. The molecule has 1 N–H and O–H groups in total. The fourth-order valence-electron chi connectivity index (χ4n) is 2.12. The quantitative estimate of drug-likeness (QED) is 0.732. The predicted molar refractivity (Wildman–Crippen MR) is 86.6 cm³/mol. The first-order valence-electron chi connectivity index (χ1n) is 6.38. The Morgan fingerprint density at radius 2 is 2.09 bits per heavy atom. The lowest BCUT2D eigenvalue weighted by molar-refractivity contribution is 0.607. The SMILES string of the molecule is CS(=O)(=O)Nc1cc(-c2ccn3ncc(C#N)c3c2)cnc1Cl. The Balaban J connectivity index is 2.11. The van der Waals surface area contributed by atoms with Gasteiger partial charge >= 0.3 is 0 Å². The van der Waals surface area contributed by atoms with E-state index in [0.717, 1.165) is 11.8 Å². The predicted octanol–water partition coefficient (Wildman–Crippen LogP) is 2.29. The molecule has 0 aromatic carbocycles. The molecule has 3 aromatic rings. The number of rotatable bonds is 3. The maximum atomic E-state index is 11.4. The molecule has 0 amide bonds. The molecule has 7 nitrogen and oxygen atoms in total. The van der Waals surface area contributed by atoms with Crippen LogP contribution in [0.25, 0.3) is 16.6 Å². The van der Waals surface area contributed by atoms with Crippen LogP contribution < -0.4 is 4.72 Å². The lowest BCUT2D eigenvalue weighted by Crippen LogP contribution is -2.10. The first kappa shape index (κ1) is 15.3. The van der Waals surface area contributed by atoms with Crippen LogP contribution in [0.4, 0.5) is 5.69 Å². The average molecular weight is 348 g/mol. The van der Waals surface area contributed by atoms with Gasteiger partial charge in [-0.3, -0.25) is 4.72 Å². The number of anilines is 1. The summed E-state index contributed by atoms with van der Waals surface area (Å²) in [5.41, 5.74) is 2.71. The second kappa shape index (κ2) is 5.53. The molecule has 0 unspecified atom stereocenters. The van der Waals surface area contributed by atoms with Crippen LogP contribution in [0.1, 0.15) is 5.56 Å². The summed E-state index contributed by atoms with van der Waals surface area (Å²) in [7, 11) is -3.47. The van der Waals surface area contributed by atoms with Gasteiger partial charge in [0.25, 0.3) is 0 Å². The van der Waals surface area contributed by atoms with Crippen molar-refractivity contribution in [2.75, 3.05) is 11.0 Å². The molecule has 3 aromatic heterocycles. The summed E-state index contributed by atoms with van der Waals surface area (Å²) in [6, 6.07) is 7.22. The van der Waals surface area contributed by atoms with E-state index < -0.39 is 10.0 Å². The number of sulfonamides is 1. The third kappa shape index (κ3) is 3.11. The van der Waals surface area contributed by atoms with Gasteiger partial charge in [0.1, 0.15) is 6.07 Å². The lowest BCUT2D eigenvalue weighted by atomic mass is 10.1. The second-order valence-corrected chi connectivity index (χ2v) is 6.96. The van der Waals surface area contributed by atoms with Crippen molar-refractivity contribution in [2.24, 2.45) is 0 Å². The van der Waals surface area contributed by atoms with E-state index in [1.807, 2.05) is 0 Å². The van der Waals surface area contributed by atoms with Crippen LogP contribution in [-0.2, 0) is 10.0 Å². The molecular formula is C14H10ClN5O2S. The Hall–Kier alpha value is -2.63. The van der Waals surface area contributed by atoms with Crippen molar-refractivity contribution in [1.29, 1.82) is 5.26 Å². The van der Waals surface area contributed by atoms with E-state index in [4.69, 9.17) is 16.9 Å². The number of hydrogen-bond donors (Lipinski definition) is 1. The summed E-state index contributed by atoms with van der Waals surface area (Å²) in [6.45, 7) is 0. The van der Waals surface area contributed by atoms with Gasteiger partial charge in [-0.25, -0.2) is 17.9 Å². The zero-order valence-electron chi connectivity index (χ0n) is 11.9. The molecule has 116 valence electrons. The summed E-state index contributed by atoms with van der Waals surface area (Å²) < 4.78 is 26.7. The minimum Gasteiger partial charge on any atom is -0.281 e. The van der Waals surface area contributed by atoms with Crippen LogP contribution in [0.5, 0.6) is 0 Å². The first-order chi connectivity index (χ1) is 10.9. The molecule has 0 spiro atoms. The number of nitriles is 1. The van der Waals surface area contributed by atoms with Gasteiger partial charge in [0.05, 0.1) is 29.2 Å². The Bertz CT molecular complexity index is 1050. The highest BCUT2D eigenvalue weighted by Crippen LogP contribution is 2.28. The maximum absolute atomic E-state index is 11.4. The van der Waals surface area contributed by atoms with Crippen molar-refractivity contribution >= 4 is 32.8 Å². The van der Waals surface area contributed by atoms with Crippen molar-refractivity contribution in [2.45, 2.75) is 0 Å². The van der Waals surface area contributed by atoms with Crippen molar-refractivity contribution in [3.8, 4) is 17.2 Å². The van der Waals surface area contributed by atoms with Gasteiger partial charge in [-0.1, -0.05) is 11.6 Å². The molecule has 0 atom stereocenters. The lowest BCUT2D eigenvalue weighted by Gasteiger charge is -2.08. The van der Waals surface area contributed by atoms with Gasteiger partial charge in [-0.15, -0.1) is 0 Å². The third-order valence-electron chi connectivity index (χ3n) is 3.11. The fourth-order valence-corrected chi connectivity index (χ4v) is 2.89. The summed E-state index contributed by atoms with van der Waals surface area (Å²) in [4.78, 5) is 4.00. The molecule has 0 saturated heterocycles. The molecule has 0 aliphatic rings. The van der Waals surface area contributed by atoms with Gasteiger partial charge in [0.15, 0.2) is 5.15 Å². The molecule has 0 fully saturated rings. The minimum absolute atomic E-state index is 0.0577. The summed E-state index contributed by atoms with van der Waals surface area (Å²) in [5, 5.41) is 13.2. The van der Waals surface area contributed by atoms with Crippen LogP contribution in [0.15, 0.2) is 36.8 Å². The Morgan fingerprint density at radius 1 is 1.30 bits per heavy atom. The number of nitrogens with zero attached hydrogens (tertiary/aromatic N) is 4. The number of nitrogens with one attached hydrogen (secondary N) is 1. The molecule has 3 rings (SSSR count). The maximum Gasteiger partial charge on any atom is 0.229 e. The van der Waals surface area contributed by atoms with Crippen molar-refractivity contribution in [3.05, 3.63) is 47.5 Å². The largest absolute Gasteiger partial charge is 0.281 e. The number of hydrogen-bond acceptors (Lipinski definition) is 5. The molecule has 0 radical (unpaired) electrons. The number of halogens is 1. The van der Waals surface area contributed by atoms with Gasteiger partial charge < -0.3 is 0 Å². The zero-order valence-corrected chi connectivity index (χ0v) is 13.4. The highest BCUT2D eigenvalue weighted by molar-refractivity contribution is 7.92. The fraction of sp³-hybridized carbons (Fsp3) is 0.0714. The zero-order chi connectivity index (χ0) is 16.6. The summed E-state index contributed by atoms with van der Waals surface area (Å²) >= 11 is 5.92. The Kier molecular flexibility index (Phi) is 3.67. The monoisotopic (exact) mass is 347 g/mol. The van der Waals surface area contributed by atoms with Crippen molar-refractivity contribution in [3.63, 3.8) is 0 Å². The van der Waals surface area contributed by atoms with E-state index >= 15 is 0 Å². The molecular weight excluding hydrogens is 338 g/mol. The van der Waals surface area contributed by atoms with Crippen LogP contribution in [0, 0.1) is 11.3 Å². The molecule has 0 saturated carbocycles. The van der Waals surface area contributed by atoms with Crippen molar-refractivity contribution in [1.82, 2.24) is 14.6 Å². The standard InChI is InChI=1S/C14H10ClN5O2S/c1-23(21,22)19-12-4-10(7-17-14(12)15)9-2-3-20-13(5-9)11(6-16)8-18-20/h2-5,7-8,19H,1H3. The normalized spacial score (nSPS) is 11.3. The average Bonchev–Trinajstić information content (AvgIpc) is 2.90. The van der Waals surface area contributed by atoms with Gasteiger partial charge in [0.2, 0.25) is 10.0 Å². The van der Waals surface area contributed by atoms with Crippen LogP contribution >= 0.6 is 11.6 Å². The summed E-state index contributed by atoms with van der Waals surface area (Å²) in [5.74, 6) is 0. The van der Waals surface area contributed by atoms with Crippen LogP contribution in [0.2, 0.25) is 5.15 Å². The van der Waals surface area contributed by atoms with Gasteiger partial charge in [0, 0.05) is 18.0 Å². The van der Waals surface area contributed by atoms with Gasteiger partial charge in [-0.05, 0) is 23.8 Å². The number of pyridine rings is 2. The van der Waals surface area contributed by atoms with E-state index in [2.05, 4.69) is 20.9 Å². The molecule has 23 heavy (non-hydrogen) atoms. The third-order valence-corrected chi connectivity index (χ3v) is 4.00. The molecule has 0 aliphatic heterocycles. The molecule has 0 bridgehead atoms. The van der Waals surface area contributed by atoms with E-state index in [-0.39, 0.29) is 10.8 Å². The first-order valence-corrected chi connectivity index (χ1v) is 8.65. The topological polar surface area (TPSA) is 100 Å². The summed E-state index contributed by atoms with van der Waals surface area (Å²) in [6.07, 6.45) is 5.76. The van der Waals surface area contributed by atoms with E-state index in [1.165, 1.54) is 12.4 Å². The number of aromatic nitrogens is 3. The molecule has 3 heterocycles.